The monoisotopic (exact) mass is 307 g/mol. The Morgan fingerprint density at radius 3 is 2.48 bits per heavy atom. The Hall–Kier alpha value is -2.55. The molecule has 118 valence electrons. The van der Waals surface area contributed by atoms with Crippen molar-refractivity contribution in [3.63, 3.8) is 0 Å². The fourth-order valence-corrected chi connectivity index (χ4v) is 3.12. The molecule has 0 radical (unpaired) electrons. The highest BCUT2D eigenvalue weighted by Crippen LogP contribution is 2.26. The number of rotatable bonds is 4. The van der Waals surface area contributed by atoms with Gasteiger partial charge in [0.05, 0.1) is 5.69 Å². The Bertz CT molecular complexity index is 867. The van der Waals surface area contributed by atoms with Crippen LogP contribution in [0.4, 0.5) is 0 Å². The van der Waals surface area contributed by atoms with E-state index in [-0.39, 0.29) is 11.5 Å². The van der Waals surface area contributed by atoms with E-state index in [1.807, 2.05) is 42.6 Å². The maximum Gasteiger partial charge on any atom is 0.210 e. The number of carbonyl (C=O) groups is 1. The molecule has 3 nitrogen and oxygen atoms in total. The van der Waals surface area contributed by atoms with Crippen LogP contribution in [0.15, 0.2) is 42.6 Å². The number of benzene rings is 1. The van der Waals surface area contributed by atoms with Crippen LogP contribution in [0, 0.1) is 13.8 Å². The van der Waals surface area contributed by atoms with Crippen LogP contribution in [0.1, 0.15) is 46.1 Å². The number of pyridine rings is 1. The molecule has 23 heavy (non-hydrogen) atoms. The van der Waals surface area contributed by atoms with E-state index in [0.717, 1.165) is 40.7 Å². The van der Waals surface area contributed by atoms with Crippen molar-refractivity contribution in [2.24, 2.45) is 0 Å². The minimum Gasteiger partial charge on any atom is -0.507 e. The predicted molar refractivity (Wildman–Crippen MR) is 92.4 cm³/mol. The number of aryl methyl sites for hydroxylation is 3. The van der Waals surface area contributed by atoms with Gasteiger partial charge in [-0.05, 0) is 67.3 Å². The Balaban J connectivity index is 2.19. The summed E-state index contributed by atoms with van der Waals surface area (Å²) in [7, 11) is 0. The van der Waals surface area contributed by atoms with E-state index >= 15 is 0 Å². The molecule has 0 unspecified atom stereocenters. The van der Waals surface area contributed by atoms with Gasteiger partial charge in [0.15, 0.2) is 0 Å². The molecule has 2 heterocycles. The first kappa shape index (κ1) is 15.3. The lowest BCUT2D eigenvalue weighted by Gasteiger charge is -2.09. The molecule has 2 aromatic heterocycles. The zero-order valence-corrected chi connectivity index (χ0v) is 13.8. The summed E-state index contributed by atoms with van der Waals surface area (Å²) in [6.45, 7) is 5.76. The lowest BCUT2D eigenvalue weighted by atomic mass is 9.98. The Morgan fingerprint density at radius 1 is 1.13 bits per heavy atom. The highest BCUT2D eigenvalue weighted by molar-refractivity contribution is 6.10. The molecule has 0 bridgehead atoms. The molecule has 3 aromatic rings. The minimum atomic E-state index is 0.00542. The number of hydrogen-bond acceptors (Lipinski definition) is 2. The van der Waals surface area contributed by atoms with Crippen molar-refractivity contribution in [2.75, 3.05) is 0 Å². The molecule has 3 rings (SSSR count). The van der Waals surface area contributed by atoms with Crippen molar-refractivity contribution >= 4 is 11.3 Å². The summed E-state index contributed by atoms with van der Waals surface area (Å²) < 4.78 is 1.96. The van der Waals surface area contributed by atoms with Gasteiger partial charge in [-0.2, -0.15) is 0 Å². The number of phenols is 1. The molecule has 0 aliphatic rings. The van der Waals surface area contributed by atoms with Gasteiger partial charge in [-0.1, -0.05) is 19.4 Å². The van der Waals surface area contributed by atoms with Gasteiger partial charge in [0.2, 0.25) is 5.78 Å². The molecule has 0 aliphatic carbocycles. The van der Waals surface area contributed by atoms with Gasteiger partial charge in [0.25, 0.3) is 0 Å². The highest BCUT2D eigenvalue weighted by atomic mass is 16.3. The maximum atomic E-state index is 13.1. The SMILES string of the molecule is CCCc1cc2ccccn2c1C(=O)c1cc(C)c(O)c(C)c1. The van der Waals surface area contributed by atoms with E-state index in [2.05, 4.69) is 13.0 Å². The third kappa shape index (κ3) is 2.63. The van der Waals surface area contributed by atoms with E-state index in [0.29, 0.717) is 5.56 Å². The summed E-state index contributed by atoms with van der Waals surface area (Å²) in [5, 5.41) is 9.94. The van der Waals surface area contributed by atoms with Gasteiger partial charge >= 0.3 is 0 Å². The topological polar surface area (TPSA) is 41.7 Å². The molecule has 0 saturated carbocycles. The first-order chi connectivity index (χ1) is 11.0. The average Bonchev–Trinajstić information content (AvgIpc) is 2.89. The summed E-state index contributed by atoms with van der Waals surface area (Å²) in [5.74, 6) is 0.265. The van der Waals surface area contributed by atoms with Crippen LogP contribution >= 0.6 is 0 Å². The number of phenolic OH excluding ortho intramolecular Hbond substituents is 1. The van der Waals surface area contributed by atoms with Crippen LogP contribution in [-0.4, -0.2) is 15.3 Å². The van der Waals surface area contributed by atoms with Gasteiger partial charge < -0.3 is 9.51 Å². The van der Waals surface area contributed by atoms with Crippen LogP contribution < -0.4 is 0 Å². The van der Waals surface area contributed by atoms with Gasteiger partial charge in [-0.25, -0.2) is 0 Å². The number of ketones is 1. The van der Waals surface area contributed by atoms with Crippen molar-refractivity contribution in [2.45, 2.75) is 33.6 Å². The van der Waals surface area contributed by atoms with Crippen LogP contribution in [0.2, 0.25) is 0 Å². The average molecular weight is 307 g/mol. The highest BCUT2D eigenvalue weighted by Gasteiger charge is 2.19. The second-order valence-corrected chi connectivity index (χ2v) is 6.05. The molecule has 0 aliphatic heterocycles. The molecule has 1 aromatic carbocycles. The number of carbonyl (C=O) groups excluding carboxylic acids is 1. The molecule has 0 spiro atoms. The Labute approximate surface area is 136 Å². The summed E-state index contributed by atoms with van der Waals surface area (Å²) in [6, 6.07) is 11.6. The van der Waals surface area contributed by atoms with E-state index in [1.54, 1.807) is 12.1 Å². The van der Waals surface area contributed by atoms with Crippen molar-refractivity contribution in [3.05, 3.63) is 70.5 Å². The standard InChI is InChI=1S/C20H21NO2/c1-4-7-15-12-17-8-5-6-9-21(17)18(15)20(23)16-10-13(2)19(22)14(3)11-16/h5-6,8-12,22H,4,7H2,1-3H3. The lowest BCUT2D eigenvalue weighted by Crippen LogP contribution is -2.09. The van der Waals surface area contributed by atoms with Crippen LogP contribution in [0.25, 0.3) is 5.52 Å². The van der Waals surface area contributed by atoms with E-state index in [1.165, 1.54) is 0 Å². The van der Waals surface area contributed by atoms with Crippen LogP contribution in [0.5, 0.6) is 5.75 Å². The Kier molecular flexibility index (Phi) is 3.95. The molecule has 1 N–H and O–H groups in total. The molecule has 0 fully saturated rings. The quantitative estimate of drug-likeness (QED) is 0.724. The summed E-state index contributed by atoms with van der Waals surface area (Å²) in [6.07, 6.45) is 3.80. The molecular formula is C20H21NO2. The third-order valence-corrected chi connectivity index (χ3v) is 4.25. The maximum absolute atomic E-state index is 13.1. The number of aromatic nitrogens is 1. The number of aromatic hydroxyl groups is 1. The fraction of sp³-hybridized carbons (Fsp3) is 0.250. The van der Waals surface area contributed by atoms with Gasteiger partial charge in [-0.3, -0.25) is 4.79 Å². The Morgan fingerprint density at radius 2 is 1.83 bits per heavy atom. The summed E-state index contributed by atoms with van der Waals surface area (Å²) in [4.78, 5) is 13.1. The molecule has 0 atom stereocenters. The van der Waals surface area contributed by atoms with Crippen LogP contribution in [0.3, 0.4) is 0 Å². The minimum absolute atomic E-state index is 0.00542. The second kappa shape index (κ2) is 5.92. The van der Waals surface area contributed by atoms with E-state index in [4.69, 9.17) is 0 Å². The number of fused-ring (bicyclic) bond motifs is 1. The fourth-order valence-electron chi connectivity index (χ4n) is 3.12. The molecule has 3 heteroatoms. The smallest absolute Gasteiger partial charge is 0.210 e. The summed E-state index contributed by atoms with van der Waals surface area (Å²) in [5.41, 5.74) is 4.92. The van der Waals surface area contributed by atoms with Gasteiger partial charge in [-0.15, -0.1) is 0 Å². The summed E-state index contributed by atoms with van der Waals surface area (Å²) >= 11 is 0. The van der Waals surface area contributed by atoms with Crippen molar-refractivity contribution in [1.82, 2.24) is 4.40 Å². The van der Waals surface area contributed by atoms with E-state index < -0.39 is 0 Å². The molecule has 0 saturated heterocycles. The van der Waals surface area contributed by atoms with Crippen molar-refractivity contribution < 1.29 is 9.90 Å². The lowest BCUT2D eigenvalue weighted by molar-refractivity contribution is 0.103. The largest absolute Gasteiger partial charge is 0.507 e. The molecular weight excluding hydrogens is 286 g/mol. The second-order valence-electron chi connectivity index (χ2n) is 6.05. The number of nitrogens with zero attached hydrogens (tertiary/aromatic N) is 1. The third-order valence-electron chi connectivity index (χ3n) is 4.25. The first-order valence-electron chi connectivity index (χ1n) is 7.96. The zero-order valence-electron chi connectivity index (χ0n) is 13.8. The van der Waals surface area contributed by atoms with Crippen LogP contribution in [-0.2, 0) is 6.42 Å². The zero-order chi connectivity index (χ0) is 16.6. The van der Waals surface area contributed by atoms with E-state index in [9.17, 15) is 9.90 Å². The van der Waals surface area contributed by atoms with Crippen molar-refractivity contribution in [1.29, 1.82) is 0 Å². The normalized spacial score (nSPS) is 11.1. The van der Waals surface area contributed by atoms with Gasteiger partial charge in [0.1, 0.15) is 5.75 Å². The van der Waals surface area contributed by atoms with Crippen molar-refractivity contribution in [3.8, 4) is 5.75 Å². The first-order valence-corrected chi connectivity index (χ1v) is 7.96. The predicted octanol–water partition coefficient (Wildman–Crippen LogP) is 4.45. The number of hydrogen-bond donors (Lipinski definition) is 1. The van der Waals surface area contributed by atoms with Gasteiger partial charge in [0, 0.05) is 17.3 Å². The molecule has 0 amide bonds.